The summed E-state index contributed by atoms with van der Waals surface area (Å²) in [6.45, 7) is 4.67. The minimum Gasteiger partial charge on any atom is -0.477 e. The number of aliphatic carboxylic acids is 1. The van der Waals surface area contributed by atoms with Gasteiger partial charge in [-0.25, -0.2) is 4.79 Å². The van der Waals surface area contributed by atoms with E-state index >= 15 is 0 Å². The Morgan fingerprint density at radius 1 is 0.470 bits per heavy atom. The summed E-state index contributed by atoms with van der Waals surface area (Å²) >= 11 is 0. The van der Waals surface area contributed by atoms with Crippen LogP contribution in [-0.2, 0) is 33.3 Å². The average Bonchev–Trinajstić information content (AvgIpc) is 3.28. The van der Waals surface area contributed by atoms with E-state index in [0.717, 1.165) is 96.3 Å². The molecule has 1 N–H and O–H groups in total. The van der Waals surface area contributed by atoms with Gasteiger partial charge in [0.1, 0.15) is 13.2 Å². The van der Waals surface area contributed by atoms with E-state index in [1.165, 1.54) is 44.9 Å². The lowest BCUT2D eigenvalue weighted by Gasteiger charge is -2.25. The first-order valence-corrected chi connectivity index (χ1v) is 25.6. The Balaban J connectivity index is 4.35. The van der Waals surface area contributed by atoms with E-state index in [-0.39, 0.29) is 32.2 Å². The van der Waals surface area contributed by atoms with Crippen LogP contribution in [0.1, 0.15) is 174 Å². The number of allylic oxidation sites excluding steroid dienone is 18. The van der Waals surface area contributed by atoms with E-state index in [9.17, 15) is 19.5 Å². The summed E-state index contributed by atoms with van der Waals surface area (Å²) in [6, 6.07) is 0. The van der Waals surface area contributed by atoms with Gasteiger partial charge >= 0.3 is 17.9 Å². The van der Waals surface area contributed by atoms with Crippen molar-refractivity contribution in [2.75, 3.05) is 47.5 Å². The molecule has 0 radical (unpaired) electrons. The number of rotatable bonds is 45. The zero-order valence-electron chi connectivity index (χ0n) is 42.3. The molecule has 2 unspecified atom stereocenters. The molecule has 0 aromatic carbocycles. The number of carbonyl (C=O) groups excluding carboxylic acids is 2. The van der Waals surface area contributed by atoms with Crippen LogP contribution in [-0.4, -0.2) is 87.4 Å². The molecule has 0 fully saturated rings. The second kappa shape index (κ2) is 47.4. The monoisotopic (exact) mass is 921 g/mol. The molecule has 0 aliphatic carbocycles. The Hall–Kier alpha value is -4.05. The molecule has 0 aromatic heterocycles. The number of carboxylic acids is 1. The molecule has 0 heterocycles. The molecule has 9 nitrogen and oxygen atoms in total. The number of hydrogen-bond donors (Lipinski definition) is 1. The van der Waals surface area contributed by atoms with Crippen LogP contribution in [0.4, 0.5) is 0 Å². The number of quaternary nitrogens is 1. The van der Waals surface area contributed by atoms with Crippen LogP contribution in [0.15, 0.2) is 109 Å². The Morgan fingerprint density at radius 3 is 1.29 bits per heavy atom. The van der Waals surface area contributed by atoms with Crippen molar-refractivity contribution in [1.82, 2.24) is 0 Å². The molecule has 0 aromatic rings. The molecule has 0 bridgehead atoms. The molecule has 0 saturated carbocycles. The highest BCUT2D eigenvalue weighted by Crippen LogP contribution is 2.13. The predicted molar refractivity (Wildman–Crippen MR) is 276 cm³/mol. The zero-order chi connectivity index (χ0) is 48.4. The van der Waals surface area contributed by atoms with Crippen LogP contribution in [0.2, 0.25) is 0 Å². The van der Waals surface area contributed by atoms with Crippen LogP contribution < -0.4 is 0 Å². The quantitative estimate of drug-likeness (QED) is 0.0212. The van der Waals surface area contributed by atoms with Crippen molar-refractivity contribution >= 4 is 17.9 Å². The van der Waals surface area contributed by atoms with Gasteiger partial charge in [0.25, 0.3) is 6.29 Å². The van der Waals surface area contributed by atoms with Crippen molar-refractivity contribution in [1.29, 1.82) is 0 Å². The molecule has 0 rings (SSSR count). The standard InChI is InChI=1S/C57H93NO8/c1-6-8-10-12-14-16-18-19-20-21-22-23-24-25-26-27-28-29-30-31-32-33-34-35-36-37-38-40-42-44-46-48-55(60)66-53(52-65-57(56(61)62)63-50-49-58(3,4)5)51-64-54(59)47-45-43-41-39-17-15-13-11-9-7-2/h8,10,14,16,19-20,22-23,25-26,28-29,31-32,34-35,37-38,53,57H,6-7,9,11-13,15,17-18,21,24,27,30,33,36,39-52H2,1-5H3/p+1/b10-8-,16-14-,20-19-,23-22-,26-25-,29-28-,32-31-,35-34-,38-37-. The molecule has 0 amide bonds. The van der Waals surface area contributed by atoms with Gasteiger partial charge in [0, 0.05) is 12.8 Å². The maximum absolute atomic E-state index is 12.8. The number of unbranched alkanes of at least 4 members (excludes halogenated alkanes) is 12. The van der Waals surface area contributed by atoms with E-state index in [0.29, 0.717) is 23.9 Å². The average molecular weight is 921 g/mol. The smallest absolute Gasteiger partial charge is 0.361 e. The van der Waals surface area contributed by atoms with Crippen molar-refractivity contribution in [3.63, 3.8) is 0 Å². The van der Waals surface area contributed by atoms with E-state index in [4.69, 9.17) is 18.9 Å². The van der Waals surface area contributed by atoms with Crippen LogP contribution in [0.3, 0.4) is 0 Å². The van der Waals surface area contributed by atoms with E-state index in [1.54, 1.807) is 0 Å². The van der Waals surface area contributed by atoms with Gasteiger partial charge in [-0.05, 0) is 83.5 Å². The first-order chi connectivity index (χ1) is 32.1. The normalized spacial score (nSPS) is 13.8. The van der Waals surface area contributed by atoms with Gasteiger partial charge in [-0.15, -0.1) is 0 Å². The van der Waals surface area contributed by atoms with Crippen LogP contribution >= 0.6 is 0 Å². The molecule has 0 aliphatic rings. The Morgan fingerprint density at radius 2 is 0.864 bits per heavy atom. The molecular weight excluding hydrogens is 827 g/mol. The van der Waals surface area contributed by atoms with Crippen molar-refractivity contribution in [2.24, 2.45) is 0 Å². The number of esters is 2. The highest BCUT2D eigenvalue weighted by atomic mass is 16.7. The van der Waals surface area contributed by atoms with E-state index in [1.807, 2.05) is 21.1 Å². The van der Waals surface area contributed by atoms with Crippen molar-refractivity contribution < 1.29 is 42.9 Å². The summed E-state index contributed by atoms with van der Waals surface area (Å²) in [5.74, 6) is -2.07. The number of carboxylic acid groups (broad SMARTS) is 1. The third kappa shape index (κ3) is 47.9. The van der Waals surface area contributed by atoms with Crippen molar-refractivity contribution in [2.45, 2.75) is 187 Å². The number of nitrogens with zero attached hydrogens (tertiary/aromatic N) is 1. The van der Waals surface area contributed by atoms with Crippen molar-refractivity contribution in [3.8, 4) is 0 Å². The second-order valence-corrected chi connectivity index (χ2v) is 17.8. The molecule has 374 valence electrons. The molecule has 0 aliphatic heterocycles. The SMILES string of the molecule is CC/C=C\C/C=C\C/C=C\C/C=C\C/C=C\C/C=C\C/C=C\C/C=C\C/C=C\CCCCCC(=O)OC(COC(=O)CCCCCCCCCCCC)COC(OCC[N+](C)(C)C)C(=O)O. The zero-order valence-corrected chi connectivity index (χ0v) is 42.3. The summed E-state index contributed by atoms with van der Waals surface area (Å²) in [6.07, 6.45) is 61.7. The number of carbonyl (C=O) groups is 3. The highest BCUT2D eigenvalue weighted by molar-refractivity contribution is 5.71. The van der Waals surface area contributed by atoms with Crippen LogP contribution in [0.25, 0.3) is 0 Å². The van der Waals surface area contributed by atoms with Gasteiger partial charge in [-0.2, -0.15) is 0 Å². The topological polar surface area (TPSA) is 108 Å². The van der Waals surface area contributed by atoms with Gasteiger partial charge in [-0.3, -0.25) is 9.59 Å². The maximum Gasteiger partial charge on any atom is 0.361 e. The Kier molecular flexibility index (Phi) is 44.5. The minimum atomic E-state index is -1.52. The Labute approximate surface area is 403 Å². The first-order valence-electron chi connectivity index (χ1n) is 25.6. The summed E-state index contributed by atoms with van der Waals surface area (Å²) < 4.78 is 22.7. The molecule has 66 heavy (non-hydrogen) atoms. The minimum absolute atomic E-state index is 0.176. The van der Waals surface area contributed by atoms with Gasteiger partial charge in [0.05, 0.1) is 34.4 Å². The van der Waals surface area contributed by atoms with E-state index < -0.39 is 24.3 Å². The Bertz CT molecular complexity index is 1440. The predicted octanol–water partition coefficient (Wildman–Crippen LogP) is 14.4. The molecule has 9 heteroatoms. The highest BCUT2D eigenvalue weighted by Gasteiger charge is 2.25. The summed E-state index contributed by atoms with van der Waals surface area (Å²) in [5.41, 5.74) is 0. The lowest BCUT2D eigenvalue weighted by atomic mass is 10.1. The number of likely N-dealkylation sites (N-methyl/N-ethyl adjacent to an activating group) is 1. The number of hydrogen-bond acceptors (Lipinski definition) is 7. The van der Waals surface area contributed by atoms with Gasteiger partial charge in [0.15, 0.2) is 6.10 Å². The lowest BCUT2D eigenvalue weighted by Crippen LogP contribution is -2.40. The summed E-state index contributed by atoms with van der Waals surface area (Å²) in [7, 11) is 5.93. The van der Waals surface area contributed by atoms with Crippen LogP contribution in [0, 0.1) is 0 Å². The van der Waals surface area contributed by atoms with E-state index in [2.05, 4.69) is 123 Å². The fourth-order valence-corrected chi connectivity index (χ4v) is 6.36. The van der Waals surface area contributed by atoms with Gasteiger partial charge in [-0.1, -0.05) is 187 Å². The van der Waals surface area contributed by atoms with Gasteiger partial charge in [0.2, 0.25) is 0 Å². The second-order valence-electron chi connectivity index (χ2n) is 17.8. The fourth-order valence-electron chi connectivity index (χ4n) is 6.36. The third-order valence-electron chi connectivity index (χ3n) is 10.3. The molecule has 2 atom stereocenters. The molecular formula is C57H94NO8+. The fraction of sp³-hybridized carbons (Fsp3) is 0.632. The maximum atomic E-state index is 12.8. The number of ether oxygens (including phenoxy) is 4. The lowest BCUT2D eigenvalue weighted by molar-refractivity contribution is -0.870. The van der Waals surface area contributed by atoms with Gasteiger partial charge < -0.3 is 28.5 Å². The summed E-state index contributed by atoms with van der Waals surface area (Å²) in [4.78, 5) is 37.1. The first kappa shape index (κ1) is 62.0. The van der Waals surface area contributed by atoms with Crippen LogP contribution in [0.5, 0.6) is 0 Å². The van der Waals surface area contributed by atoms with Crippen molar-refractivity contribution in [3.05, 3.63) is 109 Å². The largest absolute Gasteiger partial charge is 0.477 e. The molecule has 0 spiro atoms. The third-order valence-corrected chi connectivity index (χ3v) is 10.3. The molecule has 0 saturated heterocycles. The summed E-state index contributed by atoms with van der Waals surface area (Å²) in [5, 5.41) is 9.64.